The average molecular weight is 562 g/mol. The van der Waals surface area contributed by atoms with Gasteiger partial charge in [0.1, 0.15) is 28.5 Å². The molecule has 6 nitrogen and oxygen atoms in total. The molecule has 182 valence electrons. The number of likely N-dealkylation sites (tertiary alicyclic amines) is 1. The Morgan fingerprint density at radius 3 is 2.69 bits per heavy atom. The molecule has 2 aromatic heterocycles. The van der Waals surface area contributed by atoms with Crippen LogP contribution in [0.3, 0.4) is 0 Å². The molecule has 1 aliphatic heterocycles. The lowest BCUT2D eigenvalue weighted by atomic mass is 9.99. The van der Waals surface area contributed by atoms with Crippen LogP contribution < -0.4 is 5.56 Å². The number of aromatic nitrogens is 2. The van der Waals surface area contributed by atoms with Crippen molar-refractivity contribution in [2.24, 2.45) is 0 Å². The van der Waals surface area contributed by atoms with E-state index in [1.54, 1.807) is 12.1 Å². The summed E-state index contributed by atoms with van der Waals surface area (Å²) in [4.78, 5) is 32.8. The summed E-state index contributed by atoms with van der Waals surface area (Å²) in [7, 11) is 0. The van der Waals surface area contributed by atoms with Crippen LogP contribution in [0.2, 0.25) is 0 Å². The molecule has 3 aromatic rings. The third-order valence-electron chi connectivity index (χ3n) is 6.43. The number of carbonyl (C=O) groups is 1. The van der Waals surface area contributed by atoms with Gasteiger partial charge in [-0.2, -0.15) is 0 Å². The average Bonchev–Trinajstić information content (AvgIpc) is 3.39. The van der Waals surface area contributed by atoms with E-state index in [4.69, 9.17) is 0 Å². The monoisotopic (exact) mass is 561 g/mol. The Labute approximate surface area is 212 Å². The number of carbonyl (C=O) groups excluding carboxylic acids is 1. The smallest absolute Gasteiger partial charge is 0.263 e. The molecule has 1 aliphatic carbocycles. The molecular weight excluding hydrogens is 540 g/mol. The number of fused-ring (bicyclic) bond motifs is 1. The fraction of sp³-hybridized carbons (Fsp3) is 0.400. The maximum Gasteiger partial charge on any atom is 0.263 e. The highest BCUT2D eigenvalue weighted by Crippen LogP contribution is 2.38. The summed E-state index contributed by atoms with van der Waals surface area (Å²) in [5, 5.41) is 11.0. The molecule has 2 fully saturated rings. The number of alkyl halides is 1. The minimum Gasteiger partial charge on any atom is -0.378 e. The SMILES string of the molecule is CC1(F)CN(C(=O)Cn2cnc3sc(C#CC4(O)CCCC4)c(-c4ccc(F)c(Br)c4)c3c2=O)C1. The number of rotatable bonds is 3. The van der Waals surface area contributed by atoms with Gasteiger partial charge in [0.2, 0.25) is 5.91 Å². The number of benzene rings is 1. The molecule has 1 amide bonds. The van der Waals surface area contributed by atoms with Crippen molar-refractivity contribution in [3.63, 3.8) is 0 Å². The second kappa shape index (κ2) is 8.80. The van der Waals surface area contributed by atoms with Gasteiger partial charge in [-0.3, -0.25) is 14.2 Å². The predicted octanol–water partition coefficient (Wildman–Crippen LogP) is 4.25. The Kier molecular flexibility index (Phi) is 6.06. The van der Waals surface area contributed by atoms with E-state index in [0.717, 1.165) is 12.8 Å². The second-order valence-electron chi connectivity index (χ2n) is 9.44. The molecule has 0 atom stereocenters. The molecule has 3 heterocycles. The van der Waals surface area contributed by atoms with Crippen molar-refractivity contribution >= 4 is 43.4 Å². The van der Waals surface area contributed by atoms with Gasteiger partial charge in [-0.25, -0.2) is 13.8 Å². The molecule has 1 N–H and O–H groups in total. The van der Waals surface area contributed by atoms with E-state index >= 15 is 0 Å². The summed E-state index contributed by atoms with van der Waals surface area (Å²) < 4.78 is 29.2. The normalized spacial score (nSPS) is 18.3. The summed E-state index contributed by atoms with van der Waals surface area (Å²) in [6.45, 7) is 1.15. The number of halogens is 3. The van der Waals surface area contributed by atoms with Crippen LogP contribution in [0.4, 0.5) is 8.78 Å². The Bertz CT molecular complexity index is 1460. The highest BCUT2D eigenvalue weighted by Gasteiger charge is 2.41. The number of nitrogens with zero attached hydrogens (tertiary/aromatic N) is 3. The highest BCUT2D eigenvalue weighted by atomic mass is 79.9. The zero-order valence-electron chi connectivity index (χ0n) is 18.9. The molecule has 1 saturated carbocycles. The van der Waals surface area contributed by atoms with Crippen molar-refractivity contribution in [2.45, 2.75) is 50.4 Å². The maximum absolute atomic E-state index is 14.0. The minimum atomic E-state index is -1.41. The number of hydrogen-bond acceptors (Lipinski definition) is 5. The van der Waals surface area contributed by atoms with E-state index in [1.807, 2.05) is 0 Å². The van der Waals surface area contributed by atoms with Crippen molar-refractivity contribution in [3.8, 4) is 23.0 Å². The van der Waals surface area contributed by atoms with Gasteiger partial charge in [-0.1, -0.05) is 17.9 Å². The zero-order chi connectivity index (χ0) is 25.0. The van der Waals surface area contributed by atoms with Crippen LogP contribution in [0.25, 0.3) is 21.3 Å². The molecule has 0 bridgehead atoms. The van der Waals surface area contributed by atoms with Gasteiger partial charge in [0, 0.05) is 5.56 Å². The molecule has 5 rings (SSSR count). The van der Waals surface area contributed by atoms with Gasteiger partial charge < -0.3 is 10.0 Å². The lowest BCUT2D eigenvalue weighted by Crippen LogP contribution is -2.60. The van der Waals surface area contributed by atoms with Crippen molar-refractivity contribution in [3.05, 3.63) is 50.0 Å². The van der Waals surface area contributed by atoms with Gasteiger partial charge in [0.15, 0.2) is 0 Å². The van der Waals surface area contributed by atoms with Crippen molar-refractivity contribution in [1.29, 1.82) is 0 Å². The van der Waals surface area contributed by atoms with E-state index in [2.05, 4.69) is 32.8 Å². The largest absolute Gasteiger partial charge is 0.378 e. The number of amides is 1. The molecular formula is C25H22BrF2N3O3S. The fourth-order valence-corrected chi connectivity index (χ4v) is 5.97. The summed E-state index contributed by atoms with van der Waals surface area (Å²) in [6.07, 6.45) is 4.27. The molecule has 1 aromatic carbocycles. The van der Waals surface area contributed by atoms with Crippen LogP contribution in [0, 0.1) is 17.7 Å². The van der Waals surface area contributed by atoms with E-state index in [0.29, 0.717) is 33.7 Å². The van der Waals surface area contributed by atoms with Crippen LogP contribution in [0.1, 0.15) is 37.5 Å². The highest BCUT2D eigenvalue weighted by molar-refractivity contribution is 9.10. The summed E-state index contributed by atoms with van der Waals surface area (Å²) in [5.41, 5.74) is -1.87. The number of aliphatic hydroxyl groups is 1. The van der Waals surface area contributed by atoms with Gasteiger partial charge in [-0.15, -0.1) is 11.3 Å². The molecule has 10 heteroatoms. The van der Waals surface area contributed by atoms with E-state index < -0.39 is 22.6 Å². The Balaban J connectivity index is 1.61. The number of hydrogen-bond donors (Lipinski definition) is 1. The van der Waals surface area contributed by atoms with Crippen LogP contribution in [0.15, 0.2) is 33.8 Å². The topological polar surface area (TPSA) is 75.4 Å². The Morgan fingerprint density at radius 2 is 2.03 bits per heavy atom. The third-order valence-corrected chi connectivity index (χ3v) is 8.05. The first kappa shape index (κ1) is 24.1. The predicted molar refractivity (Wildman–Crippen MR) is 133 cm³/mol. The van der Waals surface area contributed by atoms with Crippen molar-refractivity contribution < 1.29 is 18.7 Å². The summed E-state index contributed by atoms with van der Waals surface area (Å²) >= 11 is 4.41. The van der Waals surface area contributed by atoms with Crippen LogP contribution in [-0.4, -0.2) is 49.8 Å². The molecule has 0 radical (unpaired) electrons. The first-order valence-corrected chi connectivity index (χ1v) is 12.9. The fourth-order valence-electron chi connectivity index (χ4n) is 4.58. The Hall–Kier alpha value is -2.61. The zero-order valence-corrected chi connectivity index (χ0v) is 21.3. The molecule has 0 unspecified atom stereocenters. The Morgan fingerprint density at radius 1 is 1.31 bits per heavy atom. The van der Waals surface area contributed by atoms with Crippen molar-refractivity contribution in [2.75, 3.05) is 13.1 Å². The van der Waals surface area contributed by atoms with Crippen LogP contribution in [0.5, 0.6) is 0 Å². The van der Waals surface area contributed by atoms with Gasteiger partial charge in [0.05, 0.1) is 34.2 Å². The van der Waals surface area contributed by atoms with Gasteiger partial charge in [-0.05, 0) is 66.2 Å². The third kappa shape index (κ3) is 4.65. The van der Waals surface area contributed by atoms with Gasteiger partial charge >= 0.3 is 0 Å². The van der Waals surface area contributed by atoms with Crippen molar-refractivity contribution in [1.82, 2.24) is 14.5 Å². The molecule has 2 aliphatic rings. The maximum atomic E-state index is 14.0. The summed E-state index contributed by atoms with van der Waals surface area (Å²) in [5.74, 6) is 5.21. The first-order chi connectivity index (χ1) is 16.6. The first-order valence-electron chi connectivity index (χ1n) is 11.2. The van der Waals surface area contributed by atoms with Crippen LogP contribution in [-0.2, 0) is 11.3 Å². The standard InChI is InChI=1S/C25H22BrF2N3O3S/c1-24(28)12-31(13-24)19(32)11-30-14-29-22-21(23(30)33)20(15-4-5-17(27)16(26)10-15)18(35-22)6-9-25(34)7-2-3-8-25/h4-5,10,14,34H,2-3,7-8,11-13H2,1H3. The molecule has 1 saturated heterocycles. The lowest BCUT2D eigenvalue weighted by Gasteiger charge is -2.42. The second-order valence-corrected chi connectivity index (χ2v) is 11.3. The van der Waals surface area contributed by atoms with E-state index in [-0.39, 0.29) is 35.4 Å². The molecule has 0 spiro atoms. The van der Waals surface area contributed by atoms with Gasteiger partial charge in [0.25, 0.3) is 5.56 Å². The minimum absolute atomic E-state index is 0.00773. The molecule has 35 heavy (non-hydrogen) atoms. The van der Waals surface area contributed by atoms with E-state index in [9.17, 15) is 23.5 Å². The lowest BCUT2D eigenvalue weighted by molar-refractivity contribution is -0.144. The van der Waals surface area contributed by atoms with Crippen LogP contribution >= 0.6 is 27.3 Å². The summed E-state index contributed by atoms with van der Waals surface area (Å²) in [6, 6.07) is 4.42. The quantitative estimate of drug-likeness (QED) is 0.485. The number of thiophene rings is 1. The van der Waals surface area contributed by atoms with E-state index in [1.165, 1.54) is 40.1 Å².